The normalized spacial score (nSPS) is 19.8. The Kier molecular flexibility index (Phi) is 5.25. The molecule has 1 aliphatic rings. The lowest BCUT2D eigenvalue weighted by Crippen LogP contribution is -2.43. The maximum atomic E-state index is 12.2. The number of ketones is 1. The van der Waals surface area contributed by atoms with Crippen LogP contribution in [-0.4, -0.2) is 47.3 Å². The number of carbonyl (C=O) groups excluding carboxylic acids is 4. The molecule has 1 heterocycles. The van der Waals surface area contributed by atoms with E-state index in [1.54, 1.807) is 26.8 Å². The van der Waals surface area contributed by atoms with Crippen LogP contribution in [-0.2, 0) is 14.3 Å². The smallest absolute Gasteiger partial charge is 0.326 e. The molecule has 0 spiro atoms. The predicted octanol–water partition coefficient (Wildman–Crippen LogP) is 1.75. The molecule has 0 aromatic heterocycles. The van der Waals surface area contributed by atoms with E-state index in [0.29, 0.717) is 12.0 Å². The minimum atomic E-state index is -1.01. The van der Waals surface area contributed by atoms with Gasteiger partial charge in [-0.05, 0) is 38.8 Å². The first-order valence-corrected chi connectivity index (χ1v) is 8.08. The molecule has 1 saturated heterocycles. The monoisotopic (exact) mass is 346 g/mol. The van der Waals surface area contributed by atoms with E-state index in [1.165, 1.54) is 0 Å². The Bertz CT molecular complexity index is 743. The van der Waals surface area contributed by atoms with E-state index >= 15 is 0 Å². The van der Waals surface area contributed by atoms with Crippen LogP contribution in [0.25, 0.3) is 0 Å². The van der Waals surface area contributed by atoms with Crippen LogP contribution in [0.4, 0.5) is 4.79 Å². The molecule has 0 bridgehead atoms. The second-order valence-corrected chi connectivity index (χ2v) is 6.41. The molecule has 2 rings (SSSR count). The second-order valence-electron chi connectivity index (χ2n) is 6.41. The molecule has 7 heteroatoms. The molecule has 134 valence electrons. The summed E-state index contributed by atoms with van der Waals surface area (Å²) in [5.41, 5.74) is 1.20. The van der Waals surface area contributed by atoms with E-state index in [2.05, 4.69) is 5.32 Å². The van der Waals surface area contributed by atoms with Crippen molar-refractivity contribution in [3.63, 3.8) is 0 Å². The molecule has 1 N–H and O–H groups in total. The van der Waals surface area contributed by atoms with Crippen LogP contribution in [0.3, 0.4) is 0 Å². The highest BCUT2D eigenvalue weighted by molar-refractivity contribution is 6.08. The third-order valence-electron chi connectivity index (χ3n) is 4.40. The summed E-state index contributed by atoms with van der Waals surface area (Å²) in [5.74, 6) is -1.61. The highest BCUT2D eigenvalue weighted by atomic mass is 16.5. The van der Waals surface area contributed by atoms with Crippen molar-refractivity contribution in [1.82, 2.24) is 10.2 Å². The fraction of sp³-hybridized carbons (Fsp3) is 0.444. The highest BCUT2D eigenvalue weighted by Gasteiger charge is 2.47. The van der Waals surface area contributed by atoms with Gasteiger partial charge in [-0.1, -0.05) is 24.6 Å². The fourth-order valence-electron chi connectivity index (χ4n) is 2.57. The molecule has 0 saturated carbocycles. The fourth-order valence-corrected chi connectivity index (χ4v) is 2.57. The van der Waals surface area contributed by atoms with Crippen molar-refractivity contribution in [1.29, 1.82) is 0 Å². The number of hydrogen-bond acceptors (Lipinski definition) is 5. The summed E-state index contributed by atoms with van der Waals surface area (Å²) >= 11 is 0. The summed E-state index contributed by atoms with van der Waals surface area (Å²) < 4.78 is 4.95. The standard InChI is InChI=1S/C18H22N2O5/c1-5-18(4)16(23)20(17(24)19-18)9-15(22)25-10-14(21)13-8-11(2)6-7-12(13)3/h6-8H,5,9-10H2,1-4H3,(H,19,24)/t18-/m1/s1. The lowest BCUT2D eigenvalue weighted by atomic mass is 9.99. The Morgan fingerprint density at radius 2 is 1.92 bits per heavy atom. The van der Waals surface area contributed by atoms with Gasteiger partial charge in [-0.3, -0.25) is 19.3 Å². The Morgan fingerprint density at radius 3 is 2.52 bits per heavy atom. The zero-order valence-corrected chi connectivity index (χ0v) is 14.8. The molecule has 0 aliphatic carbocycles. The van der Waals surface area contributed by atoms with Crippen LogP contribution >= 0.6 is 0 Å². The summed E-state index contributed by atoms with van der Waals surface area (Å²) in [4.78, 5) is 49.0. The molecule has 25 heavy (non-hydrogen) atoms. The summed E-state index contributed by atoms with van der Waals surface area (Å²) in [7, 11) is 0. The molecule has 1 aromatic carbocycles. The molecular weight excluding hydrogens is 324 g/mol. The Morgan fingerprint density at radius 1 is 1.24 bits per heavy atom. The lowest BCUT2D eigenvalue weighted by molar-refractivity contribution is -0.146. The number of rotatable bonds is 6. The zero-order chi connectivity index (χ0) is 18.8. The number of urea groups is 1. The number of benzene rings is 1. The maximum absolute atomic E-state index is 12.2. The first-order chi connectivity index (χ1) is 11.7. The van der Waals surface area contributed by atoms with Gasteiger partial charge in [0.25, 0.3) is 5.91 Å². The number of ether oxygens (including phenoxy) is 1. The number of Topliss-reactive ketones (excluding diaryl/α,β-unsaturated/α-hetero) is 1. The SMILES string of the molecule is CC[C@@]1(C)NC(=O)N(CC(=O)OCC(=O)c2cc(C)ccc2C)C1=O. The number of aryl methyl sites for hydroxylation is 2. The highest BCUT2D eigenvalue weighted by Crippen LogP contribution is 2.20. The van der Waals surface area contributed by atoms with Crippen LogP contribution in [0, 0.1) is 13.8 Å². The van der Waals surface area contributed by atoms with Gasteiger partial charge < -0.3 is 10.1 Å². The van der Waals surface area contributed by atoms with Crippen LogP contribution in [0.5, 0.6) is 0 Å². The molecule has 1 aliphatic heterocycles. The molecule has 0 unspecified atom stereocenters. The zero-order valence-electron chi connectivity index (χ0n) is 14.8. The Labute approximate surface area is 146 Å². The second kappa shape index (κ2) is 7.04. The number of esters is 1. The summed E-state index contributed by atoms with van der Waals surface area (Å²) in [5, 5.41) is 2.55. The van der Waals surface area contributed by atoms with Crippen LogP contribution in [0.2, 0.25) is 0 Å². The van der Waals surface area contributed by atoms with E-state index in [0.717, 1.165) is 16.0 Å². The van der Waals surface area contributed by atoms with Crippen molar-refractivity contribution in [3.8, 4) is 0 Å². The average Bonchev–Trinajstić information content (AvgIpc) is 2.78. The quantitative estimate of drug-likeness (QED) is 0.481. The van der Waals surface area contributed by atoms with Gasteiger partial charge >= 0.3 is 12.0 Å². The van der Waals surface area contributed by atoms with Crippen LogP contribution < -0.4 is 5.32 Å². The molecule has 1 aromatic rings. The lowest BCUT2D eigenvalue weighted by Gasteiger charge is -2.18. The average molecular weight is 346 g/mol. The summed E-state index contributed by atoms with van der Waals surface area (Å²) in [6.07, 6.45) is 0.411. The van der Waals surface area contributed by atoms with Crippen molar-refractivity contribution in [2.24, 2.45) is 0 Å². The van der Waals surface area contributed by atoms with Crippen molar-refractivity contribution in [2.45, 2.75) is 39.7 Å². The first kappa shape index (κ1) is 18.6. The topological polar surface area (TPSA) is 92.8 Å². The van der Waals surface area contributed by atoms with Crippen LogP contribution in [0.1, 0.15) is 41.8 Å². The van der Waals surface area contributed by atoms with Gasteiger partial charge in [-0.15, -0.1) is 0 Å². The molecule has 3 amide bonds. The maximum Gasteiger partial charge on any atom is 0.326 e. The molecule has 1 fully saturated rings. The van der Waals surface area contributed by atoms with Crippen LogP contribution in [0.15, 0.2) is 18.2 Å². The van der Waals surface area contributed by atoms with Gasteiger partial charge in [0.05, 0.1) is 0 Å². The van der Waals surface area contributed by atoms with Crippen molar-refractivity contribution >= 4 is 23.7 Å². The number of nitrogens with one attached hydrogen (secondary N) is 1. The number of carbonyl (C=O) groups is 4. The largest absolute Gasteiger partial charge is 0.456 e. The Balaban J connectivity index is 1.95. The van der Waals surface area contributed by atoms with Gasteiger partial charge in [-0.2, -0.15) is 0 Å². The van der Waals surface area contributed by atoms with E-state index < -0.39 is 36.6 Å². The molecular formula is C18H22N2O5. The number of nitrogens with zero attached hydrogens (tertiary/aromatic N) is 1. The summed E-state index contributed by atoms with van der Waals surface area (Å²) in [6, 6.07) is 4.81. The minimum absolute atomic E-state index is 0.329. The predicted molar refractivity (Wildman–Crippen MR) is 90.1 cm³/mol. The number of imide groups is 1. The van der Waals surface area contributed by atoms with E-state index in [1.807, 2.05) is 19.1 Å². The van der Waals surface area contributed by atoms with Gasteiger partial charge in [0.2, 0.25) is 5.78 Å². The first-order valence-electron chi connectivity index (χ1n) is 8.08. The number of amides is 3. The van der Waals surface area contributed by atoms with Crippen molar-refractivity contribution < 1.29 is 23.9 Å². The Hall–Kier alpha value is -2.70. The van der Waals surface area contributed by atoms with Gasteiger partial charge in [0, 0.05) is 5.56 Å². The third kappa shape index (κ3) is 3.87. The molecule has 7 nitrogen and oxygen atoms in total. The minimum Gasteiger partial charge on any atom is -0.456 e. The molecule has 1 atom stereocenters. The van der Waals surface area contributed by atoms with Crippen molar-refractivity contribution in [3.05, 3.63) is 34.9 Å². The van der Waals surface area contributed by atoms with Gasteiger partial charge in [0.1, 0.15) is 12.1 Å². The van der Waals surface area contributed by atoms with Gasteiger partial charge in [-0.25, -0.2) is 4.79 Å². The third-order valence-corrected chi connectivity index (χ3v) is 4.40. The van der Waals surface area contributed by atoms with E-state index in [9.17, 15) is 19.2 Å². The van der Waals surface area contributed by atoms with E-state index in [4.69, 9.17) is 4.74 Å². The van der Waals surface area contributed by atoms with Crippen molar-refractivity contribution in [2.75, 3.05) is 13.2 Å². The van der Waals surface area contributed by atoms with Gasteiger partial charge in [0.15, 0.2) is 6.61 Å². The molecule has 0 radical (unpaired) electrons. The summed E-state index contributed by atoms with van der Waals surface area (Å²) in [6.45, 7) is 6.08. The number of hydrogen-bond donors (Lipinski definition) is 1. The van der Waals surface area contributed by atoms with E-state index in [-0.39, 0.29) is 5.78 Å².